The van der Waals surface area contributed by atoms with Gasteiger partial charge in [0.05, 0.1) is 11.0 Å². The van der Waals surface area contributed by atoms with E-state index in [1.807, 2.05) is 0 Å². The Morgan fingerprint density at radius 3 is 2.61 bits per heavy atom. The minimum atomic E-state index is -4.27. The average Bonchev–Trinajstić information content (AvgIpc) is 2.18. The standard InChI is InChI=1S/C8H7ClN2O6S/c1-5-2-3-6(11(13)14)4-7(5)17-8(12)10-18(9,15)16/h2-4H,1H3,(H,10,12). The Morgan fingerprint density at radius 2 is 2.11 bits per heavy atom. The van der Waals surface area contributed by atoms with Crippen LogP contribution in [0.15, 0.2) is 18.2 Å². The fraction of sp³-hybridized carbons (Fsp3) is 0.125. The number of carbonyl (C=O) groups excluding carboxylic acids is 1. The number of amides is 1. The molecule has 18 heavy (non-hydrogen) atoms. The molecule has 10 heteroatoms. The lowest BCUT2D eigenvalue weighted by atomic mass is 10.2. The second-order valence-corrected chi connectivity index (χ2v) is 5.43. The molecule has 0 aliphatic rings. The van der Waals surface area contributed by atoms with Gasteiger partial charge in [-0.2, -0.15) is 8.42 Å². The molecule has 0 saturated carbocycles. The van der Waals surface area contributed by atoms with Crippen LogP contribution in [0.1, 0.15) is 5.56 Å². The Labute approximate surface area is 106 Å². The number of halogens is 1. The maximum Gasteiger partial charge on any atom is 0.427 e. The third kappa shape index (κ3) is 4.18. The zero-order valence-electron chi connectivity index (χ0n) is 8.91. The predicted octanol–water partition coefficient (Wildman–Crippen LogP) is 1.48. The lowest BCUT2D eigenvalue weighted by Crippen LogP contribution is -2.29. The fourth-order valence-corrected chi connectivity index (χ4v) is 1.46. The summed E-state index contributed by atoms with van der Waals surface area (Å²) in [6.45, 7) is 1.53. The van der Waals surface area contributed by atoms with Gasteiger partial charge in [0.15, 0.2) is 0 Å². The van der Waals surface area contributed by atoms with Crippen molar-refractivity contribution >= 4 is 31.7 Å². The van der Waals surface area contributed by atoms with Gasteiger partial charge in [-0.3, -0.25) is 10.1 Å². The van der Waals surface area contributed by atoms with Crippen molar-refractivity contribution < 1.29 is 22.9 Å². The molecular weight excluding hydrogens is 288 g/mol. The zero-order valence-corrected chi connectivity index (χ0v) is 10.5. The molecule has 0 aromatic heterocycles. The van der Waals surface area contributed by atoms with E-state index in [1.165, 1.54) is 23.8 Å². The van der Waals surface area contributed by atoms with Crippen molar-refractivity contribution in [3.8, 4) is 5.75 Å². The highest BCUT2D eigenvalue weighted by Gasteiger charge is 2.16. The summed E-state index contributed by atoms with van der Waals surface area (Å²) in [7, 11) is 0.499. The number of hydrogen-bond acceptors (Lipinski definition) is 6. The normalized spacial score (nSPS) is 10.8. The number of nitro groups is 1. The first-order valence-electron chi connectivity index (χ1n) is 4.38. The van der Waals surface area contributed by atoms with E-state index in [4.69, 9.17) is 10.7 Å². The van der Waals surface area contributed by atoms with E-state index in [2.05, 4.69) is 4.74 Å². The SMILES string of the molecule is Cc1ccc([N+](=O)[O-])cc1OC(=O)NS(=O)(=O)Cl. The molecule has 0 fully saturated rings. The van der Waals surface area contributed by atoms with E-state index in [9.17, 15) is 23.3 Å². The Hall–Kier alpha value is -1.87. The number of nitro benzene ring substituents is 1. The highest BCUT2D eigenvalue weighted by molar-refractivity contribution is 8.12. The summed E-state index contributed by atoms with van der Waals surface area (Å²) in [4.78, 5) is 20.9. The molecule has 98 valence electrons. The minimum absolute atomic E-state index is 0.137. The van der Waals surface area contributed by atoms with Crippen LogP contribution in [-0.2, 0) is 9.24 Å². The van der Waals surface area contributed by atoms with E-state index >= 15 is 0 Å². The van der Waals surface area contributed by atoms with E-state index < -0.39 is 20.3 Å². The monoisotopic (exact) mass is 294 g/mol. The fourth-order valence-electron chi connectivity index (χ4n) is 1.03. The van der Waals surface area contributed by atoms with Crippen LogP contribution in [0, 0.1) is 17.0 Å². The molecule has 0 saturated heterocycles. The predicted molar refractivity (Wildman–Crippen MR) is 61.8 cm³/mol. The smallest absolute Gasteiger partial charge is 0.409 e. The zero-order chi connectivity index (χ0) is 13.9. The van der Waals surface area contributed by atoms with E-state index in [1.54, 1.807) is 0 Å². The molecule has 1 amide bonds. The summed E-state index contributed by atoms with van der Waals surface area (Å²) < 4.78 is 27.0. The van der Waals surface area contributed by atoms with Gasteiger partial charge in [0, 0.05) is 16.7 Å². The summed E-state index contributed by atoms with van der Waals surface area (Å²) >= 11 is 0. The van der Waals surface area contributed by atoms with E-state index in [0.29, 0.717) is 5.56 Å². The Morgan fingerprint density at radius 1 is 1.50 bits per heavy atom. The molecule has 1 rings (SSSR count). The van der Waals surface area contributed by atoms with Crippen molar-refractivity contribution in [3.05, 3.63) is 33.9 Å². The molecule has 0 atom stereocenters. The first kappa shape index (κ1) is 14.2. The van der Waals surface area contributed by atoms with Crippen LogP contribution < -0.4 is 9.46 Å². The molecule has 1 aromatic rings. The van der Waals surface area contributed by atoms with Gasteiger partial charge in [-0.05, 0) is 18.6 Å². The van der Waals surface area contributed by atoms with Gasteiger partial charge >= 0.3 is 15.3 Å². The molecule has 8 nitrogen and oxygen atoms in total. The summed E-state index contributed by atoms with van der Waals surface area (Å²) in [6, 6.07) is 3.57. The highest BCUT2D eigenvalue weighted by atomic mass is 35.7. The van der Waals surface area contributed by atoms with Crippen molar-refractivity contribution in [2.24, 2.45) is 0 Å². The first-order chi connectivity index (χ1) is 8.19. The second kappa shape index (κ2) is 5.19. The van der Waals surface area contributed by atoms with Crippen LogP contribution in [0.4, 0.5) is 10.5 Å². The van der Waals surface area contributed by atoms with Crippen LogP contribution in [0.5, 0.6) is 5.75 Å². The Kier molecular flexibility index (Phi) is 4.09. The van der Waals surface area contributed by atoms with Crippen molar-refractivity contribution in [2.45, 2.75) is 6.92 Å². The van der Waals surface area contributed by atoms with Gasteiger partial charge < -0.3 is 4.74 Å². The number of aryl methyl sites for hydroxylation is 1. The molecule has 0 aliphatic carbocycles. The summed E-state index contributed by atoms with van der Waals surface area (Å²) in [5.41, 5.74) is 0.125. The molecule has 0 spiro atoms. The number of benzene rings is 1. The van der Waals surface area contributed by atoms with Crippen molar-refractivity contribution in [3.63, 3.8) is 0 Å². The first-order valence-corrected chi connectivity index (χ1v) is 6.69. The van der Waals surface area contributed by atoms with E-state index in [0.717, 1.165) is 6.07 Å². The third-order valence-electron chi connectivity index (χ3n) is 1.79. The van der Waals surface area contributed by atoms with Crippen LogP contribution in [0.2, 0.25) is 0 Å². The molecule has 1 aromatic carbocycles. The van der Waals surface area contributed by atoms with Crippen molar-refractivity contribution in [1.82, 2.24) is 4.72 Å². The molecule has 0 aliphatic heterocycles. The molecular formula is C8H7ClN2O6S. The number of hydrogen-bond donors (Lipinski definition) is 1. The number of non-ortho nitro benzene ring substituents is 1. The third-order valence-corrected chi connectivity index (χ3v) is 2.43. The summed E-state index contributed by atoms with van der Waals surface area (Å²) in [5, 5.41) is 10.5. The van der Waals surface area contributed by atoms with Gasteiger partial charge in [0.25, 0.3) is 5.69 Å². The molecule has 1 N–H and O–H groups in total. The van der Waals surface area contributed by atoms with Gasteiger partial charge in [-0.1, -0.05) is 0 Å². The largest absolute Gasteiger partial charge is 0.427 e. The molecule has 0 bridgehead atoms. The quantitative estimate of drug-likeness (QED) is 0.513. The number of nitrogens with zero attached hydrogens (tertiary/aromatic N) is 1. The number of nitrogens with one attached hydrogen (secondary N) is 1. The highest BCUT2D eigenvalue weighted by Crippen LogP contribution is 2.24. The second-order valence-electron chi connectivity index (χ2n) is 3.14. The summed E-state index contributed by atoms with van der Waals surface area (Å²) in [5.74, 6) is -0.137. The van der Waals surface area contributed by atoms with Crippen LogP contribution in [-0.4, -0.2) is 19.4 Å². The number of carbonyl (C=O) groups is 1. The molecule has 0 heterocycles. The average molecular weight is 295 g/mol. The van der Waals surface area contributed by atoms with Crippen molar-refractivity contribution in [2.75, 3.05) is 0 Å². The minimum Gasteiger partial charge on any atom is -0.409 e. The van der Waals surface area contributed by atoms with Crippen LogP contribution >= 0.6 is 10.7 Å². The topological polar surface area (TPSA) is 116 Å². The lowest BCUT2D eigenvalue weighted by molar-refractivity contribution is -0.384. The van der Waals surface area contributed by atoms with Gasteiger partial charge in [-0.25, -0.2) is 9.52 Å². The van der Waals surface area contributed by atoms with Gasteiger partial charge in [0.1, 0.15) is 5.75 Å². The van der Waals surface area contributed by atoms with E-state index in [-0.39, 0.29) is 11.4 Å². The van der Waals surface area contributed by atoms with Crippen LogP contribution in [0.25, 0.3) is 0 Å². The maximum atomic E-state index is 11.1. The Bertz CT molecular complexity index is 600. The van der Waals surface area contributed by atoms with Crippen LogP contribution in [0.3, 0.4) is 0 Å². The summed E-state index contributed by atoms with van der Waals surface area (Å²) in [6.07, 6.45) is -1.35. The van der Waals surface area contributed by atoms with Crippen molar-refractivity contribution in [1.29, 1.82) is 0 Å². The van der Waals surface area contributed by atoms with Gasteiger partial charge in [0.2, 0.25) is 0 Å². The van der Waals surface area contributed by atoms with Gasteiger partial charge in [-0.15, -0.1) is 0 Å². The number of ether oxygens (including phenoxy) is 1. The lowest BCUT2D eigenvalue weighted by Gasteiger charge is -2.06. The molecule has 0 radical (unpaired) electrons. The maximum absolute atomic E-state index is 11.1. The number of rotatable bonds is 3. The molecule has 0 unspecified atom stereocenters. The Balaban J connectivity index is 2.93.